The van der Waals surface area contributed by atoms with Crippen LogP contribution in [0.25, 0.3) is 0 Å². The molecule has 0 saturated carbocycles. The lowest BCUT2D eigenvalue weighted by Gasteiger charge is -2.17. The first-order valence-corrected chi connectivity index (χ1v) is 7.27. The third-order valence-electron chi connectivity index (χ3n) is 3.09. The number of halogens is 1. The largest absolute Gasteiger partial charge is 0.464 e. The topological polar surface area (TPSA) is 108 Å². The van der Waals surface area contributed by atoms with Gasteiger partial charge in [0.05, 0.1) is 12.2 Å². The second kappa shape index (κ2) is 8.62. The second-order valence-electron chi connectivity index (χ2n) is 4.98. The Kier molecular flexibility index (Phi) is 6.86. The predicted octanol–water partition coefficient (Wildman–Crippen LogP) is 0.883. The summed E-state index contributed by atoms with van der Waals surface area (Å²) in [6.45, 7) is 4.73. The zero-order valence-corrected chi connectivity index (χ0v) is 13.6. The van der Waals surface area contributed by atoms with Crippen molar-refractivity contribution in [3.8, 4) is 6.07 Å². The van der Waals surface area contributed by atoms with E-state index < -0.39 is 35.7 Å². The minimum atomic E-state index is -0.940. The van der Waals surface area contributed by atoms with E-state index in [1.165, 1.54) is 19.9 Å². The van der Waals surface area contributed by atoms with Gasteiger partial charge in [-0.1, -0.05) is 0 Å². The lowest BCUT2D eigenvalue weighted by atomic mass is 10.1. The first-order chi connectivity index (χ1) is 11.3. The van der Waals surface area contributed by atoms with Gasteiger partial charge in [-0.2, -0.15) is 5.26 Å². The highest BCUT2D eigenvalue weighted by Gasteiger charge is 2.22. The van der Waals surface area contributed by atoms with Crippen LogP contribution in [0.4, 0.5) is 4.39 Å². The number of amides is 2. The molecule has 2 amide bonds. The summed E-state index contributed by atoms with van der Waals surface area (Å²) in [7, 11) is 0. The number of esters is 1. The van der Waals surface area contributed by atoms with E-state index in [4.69, 9.17) is 10.00 Å². The van der Waals surface area contributed by atoms with Gasteiger partial charge in [0, 0.05) is 5.56 Å². The van der Waals surface area contributed by atoms with Crippen molar-refractivity contribution in [2.45, 2.75) is 32.9 Å². The van der Waals surface area contributed by atoms with Gasteiger partial charge in [0.1, 0.15) is 24.0 Å². The van der Waals surface area contributed by atoms with Gasteiger partial charge in [0.25, 0.3) is 5.91 Å². The molecule has 0 fully saturated rings. The number of nitrogens with one attached hydrogen (secondary N) is 2. The van der Waals surface area contributed by atoms with Crippen molar-refractivity contribution >= 4 is 17.8 Å². The number of nitrogens with zero attached hydrogens (tertiary/aromatic N) is 1. The quantitative estimate of drug-likeness (QED) is 0.750. The van der Waals surface area contributed by atoms with Crippen molar-refractivity contribution in [1.82, 2.24) is 10.6 Å². The number of ether oxygens (including phenoxy) is 1. The Morgan fingerprint density at radius 1 is 1.25 bits per heavy atom. The molecule has 1 rings (SSSR count). The van der Waals surface area contributed by atoms with E-state index in [0.29, 0.717) is 0 Å². The van der Waals surface area contributed by atoms with Gasteiger partial charge < -0.3 is 15.4 Å². The van der Waals surface area contributed by atoms with E-state index in [2.05, 4.69) is 10.6 Å². The fourth-order valence-corrected chi connectivity index (χ4v) is 1.76. The van der Waals surface area contributed by atoms with Crippen LogP contribution in [0.5, 0.6) is 0 Å². The Labute approximate surface area is 138 Å². The molecule has 0 spiro atoms. The van der Waals surface area contributed by atoms with Crippen LogP contribution in [0.3, 0.4) is 0 Å². The van der Waals surface area contributed by atoms with Crippen LogP contribution < -0.4 is 10.6 Å². The van der Waals surface area contributed by atoms with Crippen LogP contribution in [-0.4, -0.2) is 36.5 Å². The van der Waals surface area contributed by atoms with Crippen molar-refractivity contribution in [3.63, 3.8) is 0 Å². The zero-order chi connectivity index (χ0) is 18.3. The van der Waals surface area contributed by atoms with E-state index in [-0.39, 0.29) is 17.7 Å². The lowest BCUT2D eigenvalue weighted by molar-refractivity contribution is -0.147. The molecule has 128 valence electrons. The lowest BCUT2D eigenvalue weighted by Crippen LogP contribution is -2.49. The molecule has 8 heteroatoms. The minimum Gasteiger partial charge on any atom is -0.464 e. The minimum absolute atomic E-state index is 0.0473. The standard InChI is InChI=1S/C16H18FN3O4/c1-4-24-16(23)10(3)20-14(21)9(2)19-15(22)11-5-6-13(17)12(7-11)8-18/h5-7,9-10H,4H2,1-3H3,(H,19,22)(H,20,21). The normalized spacial score (nSPS) is 12.5. The number of rotatable bonds is 6. The molecule has 0 aliphatic heterocycles. The van der Waals surface area contributed by atoms with Crippen LogP contribution in [-0.2, 0) is 14.3 Å². The average Bonchev–Trinajstić information content (AvgIpc) is 2.55. The van der Waals surface area contributed by atoms with E-state index in [0.717, 1.165) is 12.1 Å². The molecule has 0 aromatic heterocycles. The molecule has 0 saturated heterocycles. The number of carbonyl (C=O) groups is 3. The summed E-state index contributed by atoms with van der Waals surface area (Å²) in [6, 6.07) is 3.14. The van der Waals surface area contributed by atoms with Crippen LogP contribution in [0.2, 0.25) is 0 Å². The zero-order valence-electron chi connectivity index (χ0n) is 13.6. The SMILES string of the molecule is CCOC(=O)C(C)NC(=O)C(C)NC(=O)c1ccc(F)c(C#N)c1. The Bertz CT molecular complexity index is 684. The first-order valence-electron chi connectivity index (χ1n) is 7.27. The molecule has 0 bridgehead atoms. The Balaban J connectivity index is 2.68. The summed E-state index contributed by atoms with van der Waals surface area (Å²) in [5.41, 5.74) is -0.221. The van der Waals surface area contributed by atoms with Gasteiger partial charge in [0.15, 0.2) is 0 Å². The predicted molar refractivity (Wildman–Crippen MR) is 82.3 cm³/mol. The summed E-state index contributed by atoms with van der Waals surface area (Å²) < 4.78 is 18.0. The monoisotopic (exact) mass is 335 g/mol. The number of nitriles is 1. The number of hydrogen-bond acceptors (Lipinski definition) is 5. The van der Waals surface area contributed by atoms with Gasteiger partial charge in [-0.05, 0) is 39.0 Å². The molecule has 1 aromatic carbocycles. The van der Waals surface area contributed by atoms with E-state index >= 15 is 0 Å². The van der Waals surface area contributed by atoms with E-state index in [1.54, 1.807) is 13.0 Å². The number of benzene rings is 1. The van der Waals surface area contributed by atoms with Gasteiger partial charge in [0.2, 0.25) is 5.91 Å². The molecule has 0 heterocycles. The third-order valence-corrected chi connectivity index (χ3v) is 3.09. The fraction of sp³-hybridized carbons (Fsp3) is 0.375. The maximum atomic E-state index is 13.2. The summed E-state index contributed by atoms with van der Waals surface area (Å²) in [6.07, 6.45) is 0. The average molecular weight is 335 g/mol. The molecular formula is C16H18FN3O4. The Hall–Kier alpha value is -2.95. The van der Waals surface area contributed by atoms with Crippen molar-refractivity contribution in [2.75, 3.05) is 6.61 Å². The van der Waals surface area contributed by atoms with Crippen LogP contribution in [0, 0.1) is 17.1 Å². The summed E-state index contributed by atoms with van der Waals surface area (Å²) >= 11 is 0. The molecule has 0 radical (unpaired) electrons. The molecule has 24 heavy (non-hydrogen) atoms. The van der Waals surface area contributed by atoms with Gasteiger partial charge in [-0.3, -0.25) is 9.59 Å². The Morgan fingerprint density at radius 3 is 2.50 bits per heavy atom. The Morgan fingerprint density at radius 2 is 1.92 bits per heavy atom. The highest BCUT2D eigenvalue weighted by Crippen LogP contribution is 2.09. The molecule has 0 aliphatic rings. The van der Waals surface area contributed by atoms with Crippen LogP contribution >= 0.6 is 0 Å². The van der Waals surface area contributed by atoms with Crippen LogP contribution in [0.15, 0.2) is 18.2 Å². The molecule has 7 nitrogen and oxygen atoms in total. The van der Waals surface area contributed by atoms with Gasteiger partial charge >= 0.3 is 5.97 Å². The van der Waals surface area contributed by atoms with Crippen LogP contribution in [0.1, 0.15) is 36.7 Å². The molecule has 2 atom stereocenters. The molecule has 2 unspecified atom stereocenters. The van der Waals surface area contributed by atoms with E-state index in [1.807, 2.05) is 0 Å². The highest BCUT2D eigenvalue weighted by atomic mass is 19.1. The molecule has 1 aromatic rings. The van der Waals surface area contributed by atoms with Crippen molar-refractivity contribution in [2.24, 2.45) is 0 Å². The number of hydrogen-bond donors (Lipinski definition) is 2. The summed E-state index contributed by atoms with van der Waals surface area (Å²) in [5.74, 6) is -2.53. The number of carbonyl (C=O) groups excluding carboxylic acids is 3. The molecular weight excluding hydrogens is 317 g/mol. The first kappa shape index (κ1) is 19.1. The highest BCUT2D eigenvalue weighted by molar-refractivity contribution is 5.98. The second-order valence-corrected chi connectivity index (χ2v) is 4.98. The maximum absolute atomic E-state index is 13.2. The molecule has 2 N–H and O–H groups in total. The summed E-state index contributed by atoms with van der Waals surface area (Å²) in [5, 5.41) is 13.6. The molecule has 0 aliphatic carbocycles. The smallest absolute Gasteiger partial charge is 0.328 e. The van der Waals surface area contributed by atoms with Crippen molar-refractivity contribution in [3.05, 3.63) is 35.1 Å². The summed E-state index contributed by atoms with van der Waals surface area (Å²) in [4.78, 5) is 35.5. The van der Waals surface area contributed by atoms with Crippen molar-refractivity contribution < 1.29 is 23.5 Å². The third kappa shape index (κ3) is 5.05. The van der Waals surface area contributed by atoms with Crippen molar-refractivity contribution in [1.29, 1.82) is 5.26 Å². The maximum Gasteiger partial charge on any atom is 0.328 e. The fourth-order valence-electron chi connectivity index (χ4n) is 1.76. The van der Waals surface area contributed by atoms with Gasteiger partial charge in [-0.15, -0.1) is 0 Å². The van der Waals surface area contributed by atoms with Gasteiger partial charge in [-0.25, -0.2) is 9.18 Å². The van der Waals surface area contributed by atoms with E-state index in [9.17, 15) is 18.8 Å².